The lowest BCUT2D eigenvalue weighted by molar-refractivity contribution is 0.102. The summed E-state index contributed by atoms with van der Waals surface area (Å²) in [6, 6.07) is 15.1. The van der Waals surface area contributed by atoms with Gasteiger partial charge in [-0.05, 0) is 37.3 Å². The second-order valence-corrected chi connectivity index (χ2v) is 7.03. The molecule has 24 heavy (non-hydrogen) atoms. The first-order chi connectivity index (χ1) is 11.6. The maximum atomic E-state index is 12.3. The first kappa shape index (κ1) is 16.5. The topological polar surface area (TPSA) is 54.0 Å². The summed E-state index contributed by atoms with van der Waals surface area (Å²) in [7, 11) is 0. The number of amides is 1. The number of hydrogen-bond acceptors (Lipinski definition) is 4. The molecule has 2 N–H and O–H groups in total. The van der Waals surface area contributed by atoms with Crippen LogP contribution in [0.4, 0.5) is 11.4 Å². The third-order valence-corrected chi connectivity index (χ3v) is 4.51. The lowest BCUT2D eigenvalue weighted by Gasteiger charge is -2.09. The van der Waals surface area contributed by atoms with Crippen LogP contribution >= 0.6 is 22.9 Å². The molecule has 0 aliphatic carbocycles. The molecule has 1 amide bonds. The van der Waals surface area contributed by atoms with Crippen LogP contribution in [0.5, 0.6) is 0 Å². The monoisotopic (exact) mass is 357 g/mol. The van der Waals surface area contributed by atoms with Crippen LogP contribution in [0.25, 0.3) is 0 Å². The van der Waals surface area contributed by atoms with Crippen LogP contribution in [0.15, 0.2) is 54.7 Å². The van der Waals surface area contributed by atoms with Gasteiger partial charge in [-0.15, -0.1) is 11.3 Å². The SMILES string of the molecule is Cc1cccc(C(=O)Nc2cccc(NCc3cnc(Cl)s3)c2)c1. The summed E-state index contributed by atoms with van der Waals surface area (Å²) in [5, 5.41) is 6.22. The van der Waals surface area contributed by atoms with Gasteiger partial charge in [-0.1, -0.05) is 35.4 Å². The number of carbonyl (C=O) groups excluding carboxylic acids is 1. The van der Waals surface area contributed by atoms with Crippen LogP contribution in [0.2, 0.25) is 4.47 Å². The van der Waals surface area contributed by atoms with E-state index in [-0.39, 0.29) is 5.91 Å². The molecule has 0 bridgehead atoms. The van der Waals surface area contributed by atoms with Gasteiger partial charge in [-0.25, -0.2) is 4.98 Å². The van der Waals surface area contributed by atoms with Gasteiger partial charge in [0.15, 0.2) is 4.47 Å². The molecule has 2 aromatic carbocycles. The van der Waals surface area contributed by atoms with Crippen LogP contribution in [-0.2, 0) is 6.54 Å². The van der Waals surface area contributed by atoms with Crippen molar-refractivity contribution in [1.29, 1.82) is 0 Å². The van der Waals surface area contributed by atoms with Gasteiger partial charge in [0.2, 0.25) is 0 Å². The number of nitrogens with zero attached hydrogens (tertiary/aromatic N) is 1. The Morgan fingerprint density at radius 3 is 2.71 bits per heavy atom. The van der Waals surface area contributed by atoms with Gasteiger partial charge in [0, 0.05) is 28.0 Å². The van der Waals surface area contributed by atoms with Gasteiger partial charge >= 0.3 is 0 Å². The predicted molar refractivity (Wildman–Crippen MR) is 100 cm³/mol. The summed E-state index contributed by atoms with van der Waals surface area (Å²) in [6.07, 6.45) is 1.75. The number of hydrogen-bond donors (Lipinski definition) is 2. The fourth-order valence-corrected chi connectivity index (χ4v) is 3.17. The summed E-state index contributed by atoms with van der Waals surface area (Å²) in [5.41, 5.74) is 3.37. The molecule has 6 heteroatoms. The van der Waals surface area contributed by atoms with Crippen molar-refractivity contribution >= 4 is 40.2 Å². The van der Waals surface area contributed by atoms with E-state index < -0.39 is 0 Å². The van der Waals surface area contributed by atoms with E-state index in [0.717, 1.165) is 21.8 Å². The number of thiazole rings is 1. The van der Waals surface area contributed by atoms with E-state index in [2.05, 4.69) is 15.6 Å². The Balaban J connectivity index is 1.65. The smallest absolute Gasteiger partial charge is 0.255 e. The number of nitrogens with one attached hydrogen (secondary N) is 2. The molecule has 122 valence electrons. The van der Waals surface area contributed by atoms with Crippen molar-refractivity contribution in [2.75, 3.05) is 10.6 Å². The van der Waals surface area contributed by atoms with E-state index in [4.69, 9.17) is 11.6 Å². The number of rotatable bonds is 5. The van der Waals surface area contributed by atoms with Gasteiger partial charge < -0.3 is 10.6 Å². The molecular weight excluding hydrogens is 342 g/mol. The van der Waals surface area contributed by atoms with Crippen LogP contribution in [-0.4, -0.2) is 10.9 Å². The zero-order chi connectivity index (χ0) is 16.9. The summed E-state index contributed by atoms with van der Waals surface area (Å²) in [4.78, 5) is 17.4. The second-order valence-electron chi connectivity index (χ2n) is 5.34. The van der Waals surface area contributed by atoms with Crippen LogP contribution in [0.3, 0.4) is 0 Å². The molecule has 4 nitrogen and oxygen atoms in total. The molecule has 3 aromatic rings. The number of benzene rings is 2. The first-order valence-electron chi connectivity index (χ1n) is 7.42. The first-order valence-corrected chi connectivity index (χ1v) is 8.62. The zero-order valence-electron chi connectivity index (χ0n) is 13.0. The molecule has 0 saturated carbocycles. The molecule has 0 radical (unpaired) electrons. The minimum atomic E-state index is -0.120. The second kappa shape index (κ2) is 7.47. The molecular formula is C18H16ClN3OS. The van der Waals surface area contributed by atoms with Gasteiger partial charge in [0.25, 0.3) is 5.91 Å². The van der Waals surface area contributed by atoms with Crippen LogP contribution in [0.1, 0.15) is 20.8 Å². The molecule has 0 atom stereocenters. The Morgan fingerprint density at radius 2 is 1.96 bits per heavy atom. The summed E-state index contributed by atoms with van der Waals surface area (Å²) < 4.78 is 0.533. The standard InChI is InChI=1S/C18H16ClN3OS/c1-12-4-2-5-13(8-12)17(23)22-15-7-3-6-14(9-15)20-10-16-11-21-18(19)24-16/h2-9,11,20H,10H2,1H3,(H,22,23). The third kappa shape index (κ3) is 4.34. The molecule has 0 spiro atoms. The van der Waals surface area contributed by atoms with Crippen LogP contribution in [0, 0.1) is 6.92 Å². The maximum absolute atomic E-state index is 12.3. The highest BCUT2D eigenvalue weighted by atomic mass is 35.5. The van der Waals surface area contributed by atoms with Crippen molar-refractivity contribution in [3.8, 4) is 0 Å². The van der Waals surface area contributed by atoms with Gasteiger partial charge in [0.1, 0.15) is 0 Å². The Morgan fingerprint density at radius 1 is 1.17 bits per heavy atom. The van der Waals surface area contributed by atoms with E-state index in [1.54, 1.807) is 12.3 Å². The van der Waals surface area contributed by atoms with Crippen molar-refractivity contribution in [3.05, 3.63) is 75.2 Å². The fraction of sp³-hybridized carbons (Fsp3) is 0.111. The minimum Gasteiger partial charge on any atom is -0.380 e. The van der Waals surface area contributed by atoms with Crippen molar-refractivity contribution < 1.29 is 4.79 Å². The number of aromatic nitrogens is 1. The molecule has 1 heterocycles. The number of aryl methyl sites for hydroxylation is 1. The molecule has 0 aliphatic heterocycles. The van der Waals surface area contributed by atoms with E-state index >= 15 is 0 Å². The Labute approximate surface area is 149 Å². The van der Waals surface area contributed by atoms with Gasteiger partial charge in [0.05, 0.1) is 6.54 Å². The lowest BCUT2D eigenvalue weighted by atomic mass is 10.1. The number of carbonyl (C=O) groups is 1. The molecule has 0 aliphatic rings. The Bertz CT molecular complexity index is 863. The highest BCUT2D eigenvalue weighted by molar-refractivity contribution is 7.15. The normalized spacial score (nSPS) is 10.4. The van der Waals surface area contributed by atoms with Gasteiger partial charge in [-0.2, -0.15) is 0 Å². The summed E-state index contributed by atoms with van der Waals surface area (Å²) in [5.74, 6) is -0.120. The van der Waals surface area contributed by atoms with E-state index in [0.29, 0.717) is 16.6 Å². The fourth-order valence-electron chi connectivity index (χ4n) is 2.25. The summed E-state index contributed by atoms with van der Waals surface area (Å²) in [6.45, 7) is 2.60. The zero-order valence-corrected chi connectivity index (χ0v) is 14.6. The average Bonchev–Trinajstić information content (AvgIpc) is 2.99. The molecule has 0 fully saturated rings. The molecule has 0 saturated heterocycles. The predicted octanol–water partition coefficient (Wildman–Crippen LogP) is 4.97. The number of halogens is 1. The lowest BCUT2D eigenvalue weighted by Crippen LogP contribution is -2.12. The Hall–Kier alpha value is -2.37. The highest BCUT2D eigenvalue weighted by Crippen LogP contribution is 2.21. The van der Waals surface area contributed by atoms with E-state index in [1.165, 1.54) is 11.3 Å². The number of anilines is 2. The maximum Gasteiger partial charge on any atom is 0.255 e. The highest BCUT2D eigenvalue weighted by Gasteiger charge is 2.06. The van der Waals surface area contributed by atoms with E-state index in [9.17, 15) is 4.79 Å². The largest absolute Gasteiger partial charge is 0.380 e. The van der Waals surface area contributed by atoms with Crippen molar-refractivity contribution in [3.63, 3.8) is 0 Å². The molecule has 1 aromatic heterocycles. The summed E-state index contributed by atoms with van der Waals surface area (Å²) >= 11 is 7.27. The van der Waals surface area contributed by atoms with Crippen molar-refractivity contribution in [2.24, 2.45) is 0 Å². The van der Waals surface area contributed by atoms with Crippen molar-refractivity contribution in [2.45, 2.75) is 13.5 Å². The van der Waals surface area contributed by atoms with E-state index in [1.807, 2.05) is 49.4 Å². The van der Waals surface area contributed by atoms with Gasteiger partial charge in [-0.3, -0.25) is 4.79 Å². The van der Waals surface area contributed by atoms with Crippen LogP contribution < -0.4 is 10.6 Å². The molecule has 3 rings (SSSR count). The third-order valence-electron chi connectivity index (χ3n) is 3.39. The average molecular weight is 358 g/mol. The Kier molecular flexibility index (Phi) is 5.13. The molecule has 0 unspecified atom stereocenters. The minimum absolute atomic E-state index is 0.120. The quantitative estimate of drug-likeness (QED) is 0.677. The van der Waals surface area contributed by atoms with Crippen molar-refractivity contribution in [1.82, 2.24) is 4.98 Å².